The van der Waals surface area contributed by atoms with Crippen molar-refractivity contribution in [2.75, 3.05) is 16.9 Å². The summed E-state index contributed by atoms with van der Waals surface area (Å²) in [5.41, 5.74) is 1.07. The van der Waals surface area contributed by atoms with E-state index in [0.29, 0.717) is 27.5 Å². The molecule has 3 fully saturated rings. The number of ether oxygens (including phenoxy) is 1. The van der Waals surface area contributed by atoms with Crippen LogP contribution in [0.1, 0.15) is 29.9 Å². The van der Waals surface area contributed by atoms with E-state index >= 15 is 4.79 Å². The second kappa shape index (κ2) is 11.7. The molecule has 4 aromatic rings. The molecule has 4 aliphatic rings. The van der Waals surface area contributed by atoms with Crippen LogP contribution in [0.15, 0.2) is 113 Å². The number of hydrogen-bond acceptors (Lipinski definition) is 6. The predicted molar refractivity (Wildman–Crippen MR) is 187 cm³/mol. The summed E-state index contributed by atoms with van der Waals surface area (Å²) < 4.78 is 6.35. The summed E-state index contributed by atoms with van der Waals surface area (Å²) in [5, 5.41) is 12.1. The number of aromatic hydroxyl groups is 1. The van der Waals surface area contributed by atoms with Gasteiger partial charge in [-0.05, 0) is 72.9 Å². The van der Waals surface area contributed by atoms with E-state index in [9.17, 15) is 19.5 Å². The lowest BCUT2D eigenvalue weighted by atomic mass is 9.49. The molecule has 0 radical (unpaired) electrons. The first-order valence-corrected chi connectivity index (χ1v) is 17.2. The van der Waals surface area contributed by atoms with Crippen LogP contribution in [0.25, 0.3) is 0 Å². The molecule has 10 heteroatoms. The number of imide groups is 2. The Labute approximate surface area is 296 Å². The Balaban J connectivity index is 1.37. The van der Waals surface area contributed by atoms with Crippen molar-refractivity contribution < 1.29 is 29.0 Å². The normalized spacial score (nSPS) is 27.5. The van der Waals surface area contributed by atoms with Gasteiger partial charge in [0.2, 0.25) is 23.6 Å². The van der Waals surface area contributed by atoms with E-state index in [1.54, 1.807) is 66.7 Å². The average molecular weight is 738 g/mol. The number of halogens is 2. The highest BCUT2D eigenvalue weighted by molar-refractivity contribution is 9.10. The molecular formula is C39H30BrClN2O6. The van der Waals surface area contributed by atoms with Crippen molar-refractivity contribution in [1.82, 2.24) is 0 Å². The van der Waals surface area contributed by atoms with Gasteiger partial charge in [-0.1, -0.05) is 87.7 Å². The number of benzene rings is 4. The Morgan fingerprint density at radius 2 is 1.55 bits per heavy atom. The number of carbonyl (C=O) groups is 4. The van der Waals surface area contributed by atoms with Crippen LogP contribution >= 0.6 is 27.5 Å². The second-order valence-corrected chi connectivity index (χ2v) is 14.3. The quantitative estimate of drug-likeness (QED) is 0.172. The summed E-state index contributed by atoms with van der Waals surface area (Å²) in [4.78, 5) is 61.0. The Hall–Kier alpha value is -4.73. The molecule has 49 heavy (non-hydrogen) atoms. The minimum Gasteiger partial charge on any atom is -0.504 e. The lowest BCUT2D eigenvalue weighted by Crippen LogP contribution is -2.53. The first-order chi connectivity index (χ1) is 23.7. The van der Waals surface area contributed by atoms with Gasteiger partial charge in [0.05, 0.1) is 41.7 Å². The molecule has 6 atom stereocenters. The molecule has 2 heterocycles. The van der Waals surface area contributed by atoms with Crippen LogP contribution in [0, 0.1) is 23.7 Å². The largest absolute Gasteiger partial charge is 0.504 e. The molecule has 4 aromatic carbocycles. The summed E-state index contributed by atoms with van der Waals surface area (Å²) in [7, 11) is 1.45. The van der Waals surface area contributed by atoms with Gasteiger partial charge >= 0.3 is 0 Å². The highest BCUT2D eigenvalue weighted by Crippen LogP contribution is 2.65. The number of anilines is 2. The number of methoxy groups -OCH3 is 1. The molecule has 8 nitrogen and oxygen atoms in total. The van der Waals surface area contributed by atoms with Crippen molar-refractivity contribution in [2.24, 2.45) is 23.7 Å². The molecule has 0 aromatic heterocycles. The number of phenolic OH excluding ortho intramolecular Hbond substituents is 1. The molecule has 0 unspecified atom stereocenters. The zero-order valence-corrected chi connectivity index (χ0v) is 28.6. The first-order valence-electron chi connectivity index (χ1n) is 16.1. The third-order valence-electron chi connectivity index (χ3n) is 10.8. The lowest BCUT2D eigenvalue weighted by Gasteiger charge is -2.50. The van der Waals surface area contributed by atoms with E-state index in [-0.39, 0.29) is 36.2 Å². The first kappa shape index (κ1) is 31.5. The molecular weight excluding hydrogens is 708 g/mol. The van der Waals surface area contributed by atoms with E-state index in [1.165, 1.54) is 16.9 Å². The molecule has 2 saturated heterocycles. The Kier molecular flexibility index (Phi) is 7.53. The maximum atomic E-state index is 15.3. The summed E-state index contributed by atoms with van der Waals surface area (Å²) >= 11 is 9.81. The maximum absolute atomic E-state index is 15.3. The van der Waals surface area contributed by atoms with Gasteiger partial charge < -0.3 is 9.84 Å². The summed E-state index contributed by atoms with van der Waals surface area (Å²) in [6, 6.07) is 28.0. The third-order valence-corrected chi connectivity index (χ3v) is 11.6. The summed E-state index contributed by atoms with van der Waals surface area (Å²) in [5.74, 6) is -5.22. The van der Waals surface area contributed by atoms with E-state index in [2.05, 4.69) is 15.9 Å². The zero-order chi connectivity index (χ0) is 34.2. The maximum Gasteiger partial charge on any atom is 0.246 e. The van der Waals surface area contributed by atoms with Gasteiger partial charge in [0.15, 0.2) is 11.5 Å². The second-order valence-electron chi connectivity index (χ2n) is 13.0. The number of phenols is 1. The number of amides is 4. The minimum absolute atomic E-state index is 0.151. The predicted octanol–water partition coefficient (Wildman–Crippen LogP) is 7.18. The van der Waals surface area contributed by atoms with Gasteiger partial charge in [-0.25, -0.2) is 4.90 Å². The third kappa shape index (κ3) is 4.48. The van der Waals surface area contributed by atoms with Crippen LogP contribution in [0.2, 0.25) is 5.02 Å². The smallest absolute Gasteiger partial charge is 0.246 e. The van der Waals surface area contributed by atoms with Crippen molar-refractivity contribution >= 4 is 62.5 Å². The fraction of sp³-hybridized carbons (Fsp3) is 0.231. The number of para-hydroxylation sites is 1. The highest BCUT2D eigenvalue weighted by Gasteiger charge is 2.70. The van der Waals surface area contributed by atoms with Crippen LogP contribution in [0.3, 0.4) is 0 Å². The lowest BCUT2D eigenvalue weighted by molar-refractivity contribution is -0.127. The van der Waals surface area contributed by atoms with Crippen molar-refractivity contribution in [3.8, 4) is 11.5 Å². The van der Waals surface area contributed by atoms with E-state index in [1.807, 2.05) is 36.4 Å². The number of carbonyl (C=O) groups excluding carboxylic acids is 4. The number of hydrogen-bond donors (Lipinski definition) is 1. The van der Waals surface area contributed by atoms with Crippen LogP contribution in [0.5, 0.6) is 11.5 Å². The minimum atomic E-state index is -1.50. The Morgan fingerprint density at radius 3 is 2.27 bits per heavy atom. The van der Waals surface area contributed by atoms with Gasteiger partial charge in [0.25, 0.3) is 0 Å². The van der Waals surface area contributed by atoms with Crippen molar-refractivity contribution in [3.05, 3.63) is 129 Å². The molecule has 8 rings (SSSR count). The van der Waals surface area contributed by atoms with Gasteiger partial charge in [-0.3, -0.25) is 24.1 Å². The zero-order valence-electron chi connectivity index (χ0n) is 26.3. The molecule has 0 spiro atoms. The van der Waals surface area contributed by atoms with Crippen LogP contribution < -0.4 is 14.5 Å². The molecule has 0 bridgehead atoms. The fourth-order valence-electron chi connectivity index (χ4n) is 8.87. The number of fused-ring (bicyclic) bond motifs is 4. The average Bonchev–Trinajstić information content (AvgIpc) is 3.50. The highest BCUT2D eigenvalue weighted by atomic mass is 79.9. The van der Waals surface area contributed by atoms with E-state index < -0.39 is 46.8 Å². The van der Waals surface area contributed by atoms with Crippen LogP contribution in [-0.2, 0) is 24.6 Å². The molecule has 246 valence electrons. The molecule has 1 N–H and O–H groups in total. The van der Waals surface area contributed by atoms with Crippen molar-refractivity contribution in [3.63, 3.8) is 0 Å². The topological polar surface area (TPSA) is 104 Å². The molecule has 1 saturated carbocycles. The van der Waals surface area contributed by atoms with Crippen molar-refractivity contribution in [2.45, 2.75) is 24.2 Å². The van der Waals surface area contributed by atoms with E-state index in [4.69, 9.17) is 16.3 Å². The Bertz CT molecular complexity index is 2080. The van der Waals surface area contributed by atoms with Gasteiger partial charge in [-0.15, -0.1) is 0 Å². The van der Waals surface area contributed by atoms with Gasteiger partial charge in [-0.2, -0.15) is 0 Å². The summed E-state index contributed by atoms with van der Waals surface area (Å²) in [6.07, 6.45) is 2.38. The van der Waals surface area contributed by atoms with E-state index in [0.717, 1.165) is 10.0 Å². The number of allylic oxidation sites excluding steroid dienone is 2. The monoisotopic (exact) mass is 736 g/mol. The van der Waals surface area contributed by atoms with Crippen molar-refractivity contribution in [1.29, 1.82) is 0 Å². The fourth-order valence-corrected chi connectivity index (χ4v) is 9.32. The SMILES string of the molecule is COc1cccc([C@H]2C3=CC[C@@H]4C(=O)N(c5ccc(Br)cc5)C(=O)[C@@H]4[C@@H]3C[C@H]3C(=O)N(c4cccc(Cl)c4)C(=O)[C@@]23c2ccccc2)c1O. The van der Waals surface area contributed by atoms with Crippen LogP contribution in [-0.4, -0.2) is 35.8 Å². The molecule has 2 aliphatic carbocycles. The van der Waals surface area contributed by atoms with Gasteiger partial charge in [0, 0.05) is 21.0 Å². The molecule has 2 aliphatic heterocycles. The standard InChI is InChI=1S/C39H30BrClN2O6/c1-49-31-12-6-11-28(34(31)44)33-26-17-18-27-32(37(47)42(35(27)45)24-15-13-22(40)14-16-24)29(26)20-30-36(46)43(25-10-5-9-23(41)19-25)38(48)39(30,33)21-7-3-2-4-8-21/h2-17,19,27,29-30,32-33,44H,18,20H2,1H3/t27-,29+,30-,32-,33+,39+/m0/s1. The van der Waals surface area contributed by atoms with Gasteiger partial charge in [0.1, 0.15) is 0 Å². The number of nitrogens with zero attached hydrogens (tertiary/aromatic N) is 2. The van der Waals surface area contributed by atoms with Crippen LogP contribution in [0.4, 0.5) is 11.4 Å². The number of rotatable bonds is 5. The summed E-state index contributed by atoms with van der Waals surface area (Å²) in [6.45, 7) is 0. The Morgan fingerprint density at radius 1 is 0.816 bits per heavy atom. The molecule has 4 amide bonds.